The molecule has 21 heavy (non-hydrogen) atoms. The molecule has 0 saturated heterocycles. The number of halogens is 1. The molecule has 0 aliphatic heterocycles. The fourth-order valence-electron chi connectivity index (χ4n) is 2.06. The third kappa shape index (κ3) is 3.82. The Balaban J connectivity index is 2.12. The molecule has 1 N–H and O–H groups in total. The average Bonchev–Trinajstić information content (AvgIpc) is 2.52. The Hall–Kier alpha value is -1.88. The van der Waals surface area contributed by atoms with Gasteiger partial charge in [0.2, 0.25) is 0 Å². The molecule has 4 nitrogen and oxygen atoms in total. The topological polar surface area (TPSA) is 51.2 Å². The van der Waals surface area contributed by atoms with Crippen LogP contribution in [0, 0.1) is 0 Å². The largest absolute Gasteiger partial charge is 0.496 e. The zero-order chi connectivity index (χ0) is 15.2. The third-order valence-corrected chi connectivity index (χ3v) is 3.68. The van der Waals surface area contributed by atoms with Gasteiger partial charge in [-0.2, -0.15) is 0 Å². The van der Waals surface area contributed by atoms with Crippen molar-refractivity contribution in [1.82, 2.24) is 10.3 Å². The zero-order valence-electron chi connectivity index (χ0n) is 12.0. The number of hydrogen-bond donors (Lipinski definition) is 1. The molecule has 1 amide bonds. The van der Waals surface area contributed by atoms with Crippen LogP contribution in [0.5, 0.6) is 5.75 Å². The number of methoxy groups -OCH3 is 1. The SMILES string of the molecule is CCc1cccnc1CNC(=O)c1ccc(Br)cc1OC. The lowest BCUT2D eigenvalue weighted by molar-refractivity contribution is 0.0947. The van der Waals surface area contributed by atoms with E-state index in [1.54, 1.807) is 25.4 Å². The van der Waals surface area contributed by atoms with Crippen molar-refractivity contribution in [2.75, 3.05) is 7.11 Å². The normalized spacial score (nSPS) is 10.2. The van der Waals surface area contributed by atoms with Crippen LogP contribution in [0.3, 0.4) is 0 Å². The van der Waals surface area contributed by atoms with Gasteiger partial charge in [-0.25, -0.2) is 0 Å². The summed E-state index contributed by atoms with van der Waals surface area (Å²) in [6.07, 6.45) is 2.63. The van der Waals surface area contributed by atoms with Gasteiger partial charge in [-0.3, -0.25) is 9.78 Å². The maximum absolute atomic E-state index is 12.3. The molecule has 0 radical (unpaired) electrons. The number of pyridine rings is 1. The van der Waals surface area contributed by atoms with Crippen molar-refractivity contribution in [3.8, 4) is 5.75 Å². The van der Waals surface area contributed by atoms with Crippen molar-refractivity contribution in [3.05, 3.63) is 57.8 Å². The molecule has 1 aromatic carbocycles. The molecule has 1 aromatic heterocycles. The molecule has 0 unspecified atom stereocenters. The van der Waals surface area contributed by atoms with E-state index in [2.05, 4.69) is 33.2 Å². The molecule has 0 aliphatic carbocycles. The van der Waals surface area contributed by atoms with Gasteiger partial charge in [0, 0.05) is 10.7 Å². The van der Waals surface area contributed by atoms with E-state index in [9.17, 15) is 4.79 Å². The van der Waals surface area contributed by atoms with Crippen molar-refractivity contribution >= 4 is 21.8 Å². The summed E-state index contributed by atoms with van der Waals surface area (Å²) in [6.45, 7) is 2.47. The van der Waals surface area contributed by atoms with Gasteiger partial charge in [0.05, 0.1) is 24.9 Å². The van der Waals surface area contributed by atoms with Crippen molar-refractivity contribution < 1.29 is 9.53 Å². The second-order valence-corrected chi connectivity index (χ2v) is 5.41. The Morgan fingerprint density at radius 1 is 1.38 bits per heavy atom. The number of rotatable bonds is 5. The molecule has 2 aromatic rings. The second-order valence-electron chi connectivity index (χ2n) is 4.49. The fraction of sp³-hybridized carbons (Fsp3) is 0.250. The maximum Gasteiger partial charge on any atom is 0.255 e. The fourth-order valence-corrected chi connectivity index (χ4v) is 2.40. The van der Waals surface area contributed by atoms with Gasteiger partial charge < -0.3 is 10.1 Å². The van der Waals surface area contributed by atoms with Crippen LogP contribution >= 0.6 is 15.9 Å². The van der Waals surface area contributed by atoms with E-state index in [0.717, 1.165) is 22.2 Å². The van der Waals surface area contributed by atoms with E-state index in [-0.39, 0.29) is 5.91 Å². The molecule has 110 valence electrons. The molecule has 0 atom stereocenters. The summed E-state index contributed by atoms with van der Waals surface area (Å²) in [7, 11) is 1.55. The Kier molecular flexibility index (Phi) is 5.33. The molecule has 1 heterocycles. The predicted molar refractivity (Wildman–Crippen MR) is 85.5 cm³/mol. The van der Waals surface area contributed by atoms with Crippen LogP contribution in [0.1, 0.15) is 28.5 Å². The first kappa shape index (κ1) is 15.5. The summed E-state index contributed by atoms with van der Waals surface area (Å²) in [5, 5.41) is 2.89. The number of aryl methyl sites for hydroxylation is 1. The van der Waals surface area contributed by atoms with E-state index in [1.807, 2.05) is 18.2 Å². The summed E-state index contributed by atoms with van der Waals surface area (Å²) < 4.78 is 6.11. The highest BCUT2D eigenvalue weighted by Crippen LogP contribution is 2.23. The molecule has 0 spiro atoms. The lowest BCUT2D eigenvalue weighted by Gasteiger charge is -2.11. The minimum absolute atomic E-state index is 0.174. The highest BCUT2D eigenvalue weighted by molar-refractivity contribution is 9.10. The molecular weight excluding hydrogens is 332 g/mol. The number of carbonyl (C=O) groups is 1. The number of nitrogens with zero attached hydrogens (tertiary/aromatic N) is 1. The quantitative estimate of drug-likeness (QED) is 0.901. The van der Waals surface area contributed by atoms with Gasteiger partial charge in [-0.05, 0) is 36.2 Å². The number of amides is 1. The number of aromatic nitrogens is 1. The molecule has 0 aliphatic rings. The maximum atomic E-state index is 12.3. The van der Waals surface area contributed by atoms with Crippen LogP contribution in [0.15, 0.2) is 41.0 Å². The van der Waals surface area contributed by atoms with Crippen LogP contribution in [0.2, 0.25) is 0 Å². The number of benzene rings is 1. The van der Waals surface area contributed by atoms with Crippen molar-refractivity contribution in [2.24, 2.45) is 0 Å². The summed E-state index contributed by atoms with van der Waals surface area (Å²) >= 11 is 3.36. The number of carbonyl (C=O) groups excluding carboxylic acids is 1. The number of hydrogen-bond acceptors (Lipinski definition) is 3. The Bertz CT molecular complexity index is 644. The van der Waals surface area contributed by atoms with Crippen LogP contribution in [0.4, 0.5) is 0 Å². The summed E-state index contributed by atoms with van der Waals surface area (Å²) in [6, 6.07) is 9.25. The zero-order valence-corrected chi connectivity index (χ0v) is 13.6. The van der Waals surface area contributed by atoms with Crippen molar-refractivity contribution in [2.45, 2.75) is 19.9 Å². The first-order chi connectivity index (χ1) is 10.2. The van der Waals surface area contributed by atoms with Gasteiger partial charge in [-0.1, -0.05) is 28.9 Å². The van der Waals surface area contributed by atoms with E-state index < -0.39 is 0 Å². The minimum atomic E-state index is -0.174. The smallest absolute Gasteiger partial charge is 0.255 e. The van der Waals surface area contributed by atoms with E-state index in [0.29, 0.717) is 17.9 Å². The summed E-state index contributed by atoms with van der Waals surface area (Å²) in [5.74, 6) is 0.366. The number of ether oxygens (including phenoxy) is 1. The highest BCUT2D eigenvalue weighted by Gasteiger charge is 2.13. The minimum Gasteiger partial charge on any atom is -0.496 e. The van der Waals surface area contributed by atoms with Crippen LogP contribution in [0.25, 0.3) is 0 Å². The van der Waals surface area contributed by atoms with Crippen LogP contribution in [-0.4, -0.2) is 18.0 Å². The first-order valence-electron chi connectivity index (χ1n) is 6.70. The average molecular weight is 349 g/mol. The molecule has 5 heteroatoms. The van der Waals surface area contributed by atoms with Crippen molar-refractivity contribution in [1.29, 1.82) is 0 Å². The van der Waals surface area contributed by atoms with Gasteiger partial charge in [-0.15, -0.1) is 0 Å². The molecule has 2 rings (SSSR count). The summed E-state index contributed by atoms with van der Waals surface area (Å²) in [5.41, 5.74) is 2.54. The lowest BCUT2D eigenvalue weighted by atomic mass is 10.1. The van der Waals surface area contributed by atoms with Gasteiger partial charge in [0.1, 0.15) is 5.75 Å². The molecule has 0 bridgehead atoms. The third-order valence-electron chi connectivity index (χ3n) is 3.19. The molecule has 0 saturated carbocycles. The summed E-state index contributed by atoms with van der Waals surface area (Å²) in [4.78, 5) is 16.6. The Morgan fingerprint density at radius 2 is 2.19 bits per heavy atom. The standard InChI is InChI=1S/C16H17BrN2O2/c1-3-11-5-4-8-18-14(11)10-19-16(20)13-7-6-12(17)9-15(13)21-2/h4-9H,3,10H2,1-2H3,(H,19,20). The van der Waals surface area contributed by atoms with E-state index in [1.165, 1.54) is 0 Å². The second kappa shape index (κ2) is 7.22. The first-order valence-corrected chi connectivity index (χ1v) is 7.49. The van der Waals surface area contributed by atoms with E-state index >= 15 is 0 Å². The van der Waals surface area contributed by atoms with Gasteiger partial charge in [0.25, 0.3) is 5.91 Å². The van der Waals surface area contributed by atoms with Crippen molar-refractivity contribution in [3.63, 3.8) is 0 Å². The predicted octanol–water partition coefficient (Wildman–Crippen LogP) is 3.35. The highest BCUT2D eigenvalue weighted by atomic mass is 79.9. The van der Waals surface area contributed by atoms with Gasteiger partial charge >= 0.3 is 0 Å². The number of nitrogens with one attached hydrogen (secondary N) is 1. The van der Waals surface area contributed by atoms with E-state index in [4.69, 9.17) is 4.74 Å². The van der Waals surface area contributed by atoms with Crippen LogP contribution in [-0.2, 0) is 13.0 Å². The van der Waals surface area contributed by atoms with Crippen LogP contribution < -0.4 is 10.1 Å². The lowest BCUT2D eigenvalue weighted by Crippen LogP contribution is -2.24. The Morgan fingerprint density at radius 3 is 2.90 bits per heavy atom. The van der Waals surface area contributed by atoms with Gasteiger partial charge in [0.15, 0.2) is 0 Å². The molecule has 0 fully saturated rings. The Labute approximate surface area is 132 Å². The molecular formula is C16H17BrN2O2. The monoisotopic (exact) mass is 348 g/mol.